The van der Waals surface area contributed by atoms with E-state index in [0.29, 0.717) is 12.8 Å². The highest BCUT2D eigenvalue weighted by Gasteiger charge is 2.25. The molecule has 2 unspecified atom stereocenters. The maximum absolute atomic E-state index is 11.5. The number of urea groups is 1. The topological polar surface area (TPSA) is 78.4 Å². The Morgan fingerprint density at radius 1 is 1.35 bits per heavy atom. The van der Waals surface area contributed by atoms with Crippen molar-refractivity contribution < 1.29 is 14.7 Å². The molecule has 5 nitrogen and oxygen atoms in total. The molecule has 0 spiro atoms. The Hall–Kier alpha value is -1.70. The fourth-order valence-electron chi connectivity index (χ4n) is 1.32. The molecule has 0 bridgehead atoms. The van der Waals surface area contributed by atoms with Gasteiger partial charge in [0.15, 0.2) is 0 Å². The number of rotatable bonds is 6. The molecule has 0 aromatic heterocycles. The molecule has 0 saturated heterocycles. The highest BCUT2D eigenvalue weighted by Crippen LogP contribution is 2.07. The number of aliphatic carboxylic acids is 1. The average molecular weight is 240 g/mol. The molecule has 3 N–H and O–H groups in total. The van der Waals surface area contributed by atoms with Gasteiger partial charge >= 0.3 is 12.0 Å². The summed E-state index contributed by atoms with van der Waals surface area (Å²) < 4.78 is 0. The lowest BCUT2D eigenvalue weighted by atomic mass is 9.99. The molecule has 0 aliphatic heterocycles. The molecule has 3 atom stereocenters. The number of amides is 2. The van der Waals surface area contributed by atoms with Crippen LogP contribution in [-0.2, 0) is 4.79 Å². The highest BCUT2D eigenvalue weighted by atomic mass is 16.4. The maximum atomic E-state index is 11.5. The van der Waals surface area contributed by atoms with E-state index in [-0.39, 0.29) is 12.0 Å². The second kappa shape index (κ2) is 7.55. The van der Waals surface area contributed by atoms with Crippen molar-refractivity contribution in [2.75, 3.05) is 0 Å². The van der Waals surface area contributed by atoms with Gasteiger partial charge in [0.2, 0.25) is 0 Å². The summed E-state index contributed by atoms with van der Waals surface area (Å²) in [6.07, 6.45) is 6.20. The number of hydrogen-bond donors (Lipinski definition) is 3. The van der Waals surface area contributed by atoms with Gasteiger partial charge in [-0.2, -0.15) is 0 Å². The van der Waals surface area contributed by atoms with Crippen molar-refractivity contribution in [3.63, 3.8) is 0 Å². The minimum atomic E-state index is -1.03. The van der Waals surface area contributed by atoms with Crippen molar-refractivity contribution in [2.24, 2.45) is 5.92 Å². The molecule has 0 heterocycles. The van der Waals surface area contributed by atoms with Crippen LogP contribution in [0.3, 0.4) is 0 Å². The van der Waals surface area contributed by atoms with Crippen molar-refractivity contribution >= 4 is 12.0 Å². The Morgan fingerprint density at radius 2 is 1.94 bits per heavy atom. The van der Waals surface area contributed by atoms with Crippen molar-refractivity contribution in [1.29, 1.82) is 0 Å². The SMILES string of the molecule is C#CCC(C)NC(=O)N[C@H](C(=O)O)C(C)CC. The first-order chi connectivity index (χ1) is 7.92. The molecule has 96 valence electrons. The Morgan fingerprint density at radius 3 is 2.35 bits per heavy atom. The van der Waals surface area contributed by atoms with Gasteiger partial charge in [0.1, 0.15) is 6.04 Å². The van der Waals surface area contributed by atoms with Gasteiger partial charge in [-0.1, -0.05) is 20.3 Å². The monoisotopic (exact) mass is 240 g/mol. The van der Waals surface area contributed by atoms with E-state index < -0.39 is 18.0 Å². The lowest BCUT2D eigenvalue weighted by Gasteiger charge is -2.21. The van der Waals surface area contributed by atoms with Gasteiger partial charge in [-0.05, 0) is 12.8 Å². The summed E-state index contributed by atoms with van der Waals surface area (Å²) in [7, 11) is 0. The van der Waals surface area contributed by atoms with Crippen LogP contribution in [0.15, 0.2) is 0 Å². The predicted molar refractivity (Wildman–Crippen MR) is 65.5 cm³/mol. The lowest BCUT2D eigenvalue weighted by Crippen LogP contribution is -2.50. The zero-order valence-electron chi connectivity index (χ0n) is 10.5. The minimum absolute atomic E-state index is 0.124. The third-order valence-corrected chi connectivity index (χ3v) is 2.57. The van der Waals surface area contributed by atoms with Crippen molar-refractivity contribution in [3.8, 4) is 12.3 Å². The summed E-state index contributed by atoms with van der Waals surface area (Å²) in [6, 6.07) is -1.55. The Labute approximate surface area is 102 Å². The number of carbonyl (C=O) groups is 2. The minimum Gasteiger partial charge on any atom is -0.480 e. The summed E-state index contributed by atoms with van der Waals surface area (Å²) in [5.41, 5.74) is 0. The Kier molecular flexibility index (Phi) is 6.80. The first-order valence-corrected chi connectivity index (χ1v) is 5.65. The van der Waals surface area contributed by atoms with E-state index in [1.54, 1.807) is 13.8 Å². The molecule has 0 aliphatic carbocycles. The third kappa shape index (κ3) is 5.81. The molecule has 0 saturated carbocycles. The number of carboxylic acid groups (broad SMARTS) is 1. The molecule has 0 aliphatic rings. The van der Waals surface area contributed by atoms with E-state index in [0.717, 1.165) is 0 Å². The quantitative estimate of drug-likeness (QED) is 0.610. The summed E-state index contributed by atoms with van der Waals surface area (Å²) in [5.74, 6) is 1.27. The zero-order chi connectivity index (χ0) is 13.4. The molecule has 17 heavy (non-hydrogen) atoms. The first-order valence-electron chi connectivity index (χ1n) is 5.65. The molecule has 0 aromatic carbocycles. The second-order valence-electron chi connectivity index (χ2n) is 4.13. The van der Waals surface area contributed by atoms with E-state index in [1.165, 1.54) is 0 Å². The first kappa shape index (κ1) is 15.3. The van der Waals surface area contributed by atoms with Crippen LogP contribution in [-0.4, -0.2) is 29.2 Å². The van der Waals surface area contributed by atoms with Gasteiger partial charge in [0.05, 0.1) is 0 Å². The number of carbonyl (C=O) groups excluding carboxylic acids is 1. The Balaban J connectivity index is 4.32. The van der Waals surface area contributed by atoms with Gasteiger partial charge in [-0.3, -0.25) is 0 Å². The molecule has 2 amide bonds. The molecule has 0 rings (SSSR count). The number of terminal acetylenes is 1. The van der Waals surface area contributed by atoms with E-state index in [2.05, 4.69) is 16.6 Å². The van der Waals surface area contributed by atoms with Gasteiger partial charge in [-0.25, -0.2) is 9.59 Å². The number of hydrogen-bond acceptors (Lipinski definition) is 2. The fourth-order valence-corrected chi connectivity index (χ4v) is 1.32. The van der Waals surface area contributed by atoms with E-state index in [1.807, 2.05) is 6.92 Å². The van der Waals surface area contributed by atoms with Crippen LogP contribution in [0.1, 0.15) is 33.6 Å². The van der Waals surface area contributed by atoms with Crippen molar-refractivity contribution in [3.05, 3.63) is 0 Å². The van der Waals surface area contributed by atoms with Gasteiger partial charge in [0, 0.05) is 12.5 Å². The van der Waals surface area contributed by atoms with Crippen LogP contribution in [0.5, 0.6) is 0 Å². The van der Waals surface area contributed by atoms with Gasteiger partial charge < -0.3 is 15.7 Å². The van der Waals surface area contributed by atoms with Crippen molar-refractivity contribution in [1.82, 2.24) is 10.6 Å². The van der Waals surface area contributed by atoms with E-state index in [9.17, 15) is 9.59 Å². The van der Waals surface area contributed by atoms with Crippen LogP contribution in [0.25, 0.3) is 0 Å². The second-order valence-corrected chi connectivity index (χ2v) is 4.13. The van der Waals surface area contributed by atoms with Crippen LogP contribution in [0.4, 0.5) is 4.79 Å². The Bertz CT molecular complexity index is 309. The molecule has 0 fully saturated rings. The van der Waals surface area contributed by atoms with Gasteiger partial charge in [0.25, 0.3) is 0 Å². The summed E-state index contributed by atoms with van der Waals surface area (Å²) >= 11 is 0. The van der Waals surface area contributed by atoms with Crippen molar-refractivity contribution in [2.45, 2.75) is 45.7 Å². The molecular weight excluding hydrogens is 220 g/mol. The van der Waals surface area contributed by atoms with E-state index in [4.69, 9.17) is 11.5 Å². The zero-order valence-corrected chi connectivity index (χ0v) is 10.5. The van der Waals surface area contributed by atoms with Crippen LogP contribution >= 0.6 is 0 Å². The normalized spacial score (nSPS) is 15.2. The summed E-state index contributed by atoms with van der Waals surface area (Å²) in [5, 5.41) is 14.0. The largest absolute Gasteiger partial charge is 0.480 e. The third-order valence-electron chi connectivity index (χ3n) is 2.57. The van der Waals surface area contributed by atoms with Gasteiger partial charge in [-0.15, -0.1) is 12.3 Å². The average Bonchev–Trinajstić information content (AvgIpc) is 2.24. The molecule has 0 aromatic rings. The maximum Gasteiger partial charge on any atom is 0.326 e. The highest BCUT2D eigenvalue weighted by molar-refractivity contribution is 5.82. The molecule has 0 radical (unpaired) electrons. The number of nitrogens with one attached hydrogen (secondary N) is 2. The fraction of sp³-hybridized carbons (Fsp3) is 0.667. The summed E-state index contributed by atoms with van der Waals surface area (Å²) in [6.45, 7) is 5.42. The van der Waals surface area contributed by atoms with Crippen LogP contribution in [0, 0.1) is 18.3 Å². The molecular formula is C12H20N2O3. The summed E-state index contributed by atoms with van der Waals surface area (Å²) in [4.78, 5) is 22.5. The number of carboxylic acids is 1. The van der Waals surface area contributed by atoms with Crippen LogP contribution < -0.4 is 10.6 Å². The molecule has 5 heteroatoms. The van der Waals surface area contributed by atoms with E-state index >= 15 is 0 Å². The smallest absolute Gasteiger partial charge is 0.326 e. The lowest BCUT2D eigenvalue weighted by molar-refractivity contribution is -0.140. The van der Waals surface area contributed by atoms with Crippen LogP contribution in [0.2, 0.25) is 0 Å². The predicted octanol–water partition coefficient (Wildman–Crippen LogP) is 1.20. The standard InChI is InChI=1S/C12H20N2O3/c1-5-7-9(4)13-12(17)14-10(11(15)16)8(3)6-2/h1,8-10H,6-7H2,2-4H3,(H,15,16)(H2,13,14,17)/t8?,9?,10-/m0/s1.